The van der Waals surface area contributed by atoms with E-state index in [1.807, 2.05) is 11.9 Å². The van der Waals surface area contributed by atoms with Crippen LogP contribution >= 0.6 is 23.1 Å². The average molecular weight is 472 g/mol. The van der Waals surface area contributed by atoms with Crippen molar-refractivity contribution in [3.63, 3.8) is 0 Å². The van der Waals surface area contributed by atoms with Crippen molar-refractivity contribution < 1.29 is 4.39 Å². The second-order valence-electron chi connectivity index (χ2n) is 7.65. The first-order valence-corrected chi connectivity index (χ1v) is 12.4. The summed E-state index contributed by atoms with van der Waals surface area (Å²) in [4.78, 5) is 17.5. The number of nitrogens with zero attached hydrogens (tertiary/aromatic N) is 5. The fraction of sp³-hybridized carbons (Fsp3) is 0.409. The predicted molar refractivity (Wildman–Crippen MR) is 128 cm³/mol. The normalized spacial score (nSPS) is 15.5. The number of rotatable bonds is 7. The number of hydrogen-bond donors (Lipinski definition) is 2. The Labute approximate surface area is 195 Å². The van der Waals surface area contributed by atoms with Crippen molar-refractivity contribution in [3.8, 4) is 17.3 Å². The number of anilines is 2. The van der Waals surface area contributed by atoms with Gasteiger partial charge >= 0.3 is 0 Å². The van der Waals surface area contributed by atoms with Crippen LogP contribution < -0.4 is 10.6 Å². The number of benzene rings is 1. The van der Waals surface area contributed by atoms with Gasteiger partial charge in [0.1, 0.15) is 33.8 Å². The molecule has 10 heteroatoms. The summed E-state index contributed by atoms with van der Waals surface area (Å²) in [6, 6.07) is 8.24. The number of halogens is 1. The molecule has 1 saturated heterocycles. The van der Waals surface area contributed by atoms with E-state index in [1.54, 1.807) is 12.1 Å². The van der Waals surface area contributed by atoms with Crippen LogP contribution in [0.3, 0.4) is 0 Å². The molecule has 0 aliphatic carbocycles. The molecule has 168 valence electrons. The molecule has 3 N–H and O–H groups in total. The minimum absolute atomic E-state index is 0.139. The number of aromatic amines is 1. The molecule has 1 atom stereocenters. The maximum atomic E-state index is 13.3. The molecular weight excluding hydrogens is 445 g/mol. The van der Waals surface area contributed by atoms with Crippen LogP contribution in [0.15, 0.2) is 29.4 Å². The van der Waals surface area contributed by atoms with Crippen LogP contribution in [0, 0.1) is 17.1 Å². The van der Waals surface area contributed by atoms with E-state index in [2.05, 4.69) is 27.9 Å². The first-order valence-electron chi connectivity index (χ1n) is 10.7. The second-order valence-corrected chi connectivity index (χ2v) is 9.73. The van der Waals surface area contributed by atoms with Crippen molar-refractivity contribution in [1.29, 1.82) is 5.26 Å². The van der Waals surface area contributed by atoms with Crippen LogP contribution in [0.25, 0.3) is 11.3 Å². The first kappa shape index (κ1) is 22.7. The zero-order valence-electron chi connectivity index (χ0n) is 18.1. The molecule has 1 unspecified atom stereocenters. The summed E-state index contributed by atoms with van der Waals surface area (Å²) in [5, 5.41) is 11.1. The molecular formula is C22H26FN7S2. The Morgan fingerprint density at radius 1 is 1.28 bits per heavy atom. The van der Waals surface area contributed by atoms with Gasteiger partial charge in [0, 0.05) is 25.7 Å². The highest BCUT2D eigenvalue weighted by Gasteiger charge is 2.23. The lowest BCUT2D eigenvalue weighted by atomic mass is 10.1. The number of aromatic nitrogens is 3. The summed E-state index contributed by atoms with van der Waals surface area (Å²) in [6.07, 6.45) is 4.38. The Balaban J connectivity index is 1.58. The second kappa shape index (κ2) is 10.0. The third-order valence-electron chi connectivity index (χ3n) is 5.51. The topological polar surface area (TPSA) is 97.9 Å². The number of thioether (sulfide) groups is 1. The van der Waals surface area contributed by atoms with E-state index in [1.165, 1.54) is 54.5 Å². The smallest absolute Gasteiger partial charge is 0.192 e. The highest BCUT2D eigenvalue weighted by molar-refractivity contribution is 7.99. The summed E-state index contributed by atoms with van der Waals surface area (Å²) >= 11 is 2.83. The van der Waals surface area contributed by atoms with Gasteiger partial charge in [-0.05, 0) is 43.5 Å². The fourth-order valence-corrected chi connectivity index (χ4v) is 5.51. The van der Waals surface area contributed by atoms with Crippen LogP contribution in [0.5, 0.6) is 0 Å². The van der Waals surface area contributed by atoms with Gasteiger partial charge in [0.25, 0.3) is 0 Å². The lowest BCUT2D eigenvalue weighted by Gasteiger charge is -2.30. The lowest BCUT2D eigenvalue weighted by Crippen LogP contribution is -2.42. The number of aryl methyl sites for hydroxylation is 1. The summed E-state index contributed by atoms with van der Waals surface area (Å²) < 4.78 is 13.3. The van der Waals surface area contributed by atoms with Crippen LogP contribution in [0.4, 0.5) is 15.3 Å². The minimum Gasteiger partial charge on any atom is -0.319 e. The summed E-state index contributed by atoms with van der Waals surface area (Å²) in [6.45, 7) is 4.09. The Bertz CT molecular complexity index is 1100. The van der Waals surface area contributed by atoms with Gasteiger partial charge in [-0.1, -0.05) is 36.4 Å². The number of nitrogens with one attached hydrogen (secondary N) is 1. The number of thiazole rings is 1. The third kappa shape index (κ3) is 4.81. The summed E-state index contributed by atoms with van der Waals surface area (Å²) in [5.74, 6) is 0.516. The minimum atomic E-state index is -0.322. The molecule has 0 amide bonds. The molecule has 7 nitrogen and oxygen atoms in total. The maximum absolute atomic E-state index is 13.3. The number of likely N-dealkylation sites (tertiary alicyclic amines) is 1. The van der Waals surface area contributed by atoms with Crippen LogP contribution in [-0.2, 0) is 6.42 Å². The highest BCUT2D eigenvalue weighted by atomic mass is 32.2. The molecule has 0 saturated carbocycles. The van der Waals surface area contributed by atoms with Gasteiger partial charge in [-0.3, -0.25) is 4.90 Å². The monoisotopic (exact) mass is 471 g/mol. The van der Waals surface area contributed by atoms with E-state index < -0.39 is 0 Å². The number of nitrogens with two attached hydrogens (primary N) is 1. The maximum Gasteiger partial charge on any atom is 0.192 e. The van der Waals surface area contributed by atoms with E-state index in [4.69, 9.17) is 10.7 Å². The molecule has 1 aliphatic rings. The molecule has 1 aromatic carbocycles. The molecule has 32 heavy (non-hydrogen) atoms. The molecule has 2 aromatic heterocycles. The fourth-order valence-electron chi connectivity index (χ4n) is 3.75. The largest absolute Gasteiger partial charge is 0.319 e. The third-order valence-corrected chi connectivity index (χ3v) is 7.50. The van der Waals surface area contributed by atoms with Crippen molar-refractivity contribution in [2.24, 2.45) is 5.73 Å². The Kier molecular flexibility index (Phi) is 7.10. The molecule has 0 spiro atoms. The predicted octanol–water partition coefficient (Wildman–Crippen LogP) is 4.69. The zero-order chi connectivity index (χ0) is 22.7. The van der Waals surface area contributed by atoms with E-state index >= 15 is 0 Å². The van der Waals surface area contributed by atoms with Crippen molar-refractivity contribution in [2.75, 3.05) is 25.0 Å². The molecule has 0 bridgehead atoms. The van der Waals surface area contributed by atoms with Gasteiger partial charge in [0.15, 0.2) is 10.3 Å². The van der Waals surface area contributed by atoms with Gasteiger partial charge in [-0.25, -0.2) is 14.4 Å². The van der Waals surface area contributed by atoms with Crippen molar-refractivity contribution in [2.45, 2.75) is 43.3 Å². The number of piperidine rings is 1. The molecule has 3 heterocycles. The summed E-state index contributed by atoms with van der Waals surface area (Å²) in [5.41, 5.74) is 8.47. The van der Waals surface area contributed by atoms with Gasteiger partial charge in [0.05, 0.1) is 5.69 Å². The molecule has 1 fully saturated rings. The number of hydrogen-bond acceptors (Lipinski definition) is 8. The first-order chi connectivity index (χ1) is 15.5. The van der Waals surface area contributed by atoms with Crippen molar-refractivity contribution in [3.05, 3.63) is 40.7 Å². The SMILES string of the molecule is CCc1nc(SC(N)N2CCCCC2)[nH]c1N(C)c1nc(-c2ccc(F)cc2)c(C#N)s1. The van der Waals surface area contributed by atoms with Crippen LogP contribution in [0.2, 0.25) is 0 Å². The highest BCUT2D eigenvalue weighted by Crippen LogP contribution is 2.36. The van der Waals surface area contributed by atoms with E-state index in [-0.39, 0.29) is 11.3 Å². The number of imidazole rings is 1. The van der Waals surface area contributed by atoms with Crippen molar-refractivity contribution in [1.82, 2.24) is 19.9 Å². The van der Waals surface area contributed by atoms with E-state index in [0.717, 1.165) is 36.2 Å². The van der Waals surface area contributed by atoms with Gasteiger partial charge < -0.3 is 15.6 Å². The summed E-state index contributed by atoms with van der Waals surface area (Å²) in [7, 11) is 1.90. The van der Waals surface area contributed by atoms with Gasteiger partial charge in [-0.15, -0.1) is 0 Å². The Morgan fingerprint density at radius 3 is 2.66 bits per heavy atom. The number of nitriles is 1. The van der Waals surface area contributed by atoms with Crippen molar-refractivity contribution >= 4 is 34.0 Å². The van der Waals surface area contributed by atoms with E-state index in [9.17, 15) is 9.65 Å². The number of H-pyrrole nitrogens is 1. The van der Waals surface area contributed by atoms with Gasteiger partial charge in [-0.2, -0.15) is 5.26 Å². The quantitative estimate of drug-likeness (QED) is 0.381. The lowest BCUT2D eigenvalue weighted by molar-refractivity contribution is 0.216. The zero-order valence-corrected chi connectivity index (χ0v) is 19.8. The standard InChI is InChI=1S/C22H26FN7S2/c1-3-16-19(28-21(26-16)32-20(25)30-11-5-4-6-12-30)29(2)22-27-18(17(13-24)31-22)14-7-9-15(23)10-8-14/h7-10,20H,3-6,11-12,25H2,1-2H3,(H,26,28). The van der Waals surface area contributed by atoms with Gasteiger partial charge in [0.2, 0.25) is 0 Å². The molecule has 3 aromatic rings. The van der Waals surface area contributed by atoms with E-state index in [0.29, 0.717) is 21.3 Å². The Hall–Kier alpha value is -2.45. The Morgan fingerprint density at radius 2 is 2.00 bits per heavy atom. The van der Waals surface area contributed by atoms with Crippen LogP contribution in [-0.4, -0.2) is 45.5 Å². The molecule has 1 aliphatic heterocycles. The average Bonchev–Trinajstić information content (AvgIpc) is 3.44. The van der Waals surface area contributed by atoms with Crippen LogP contribution in [0.1, 0.15) is 36.8 Å². The molecule has 4 rings (SSSR count). The molecule has 0 radical (unpaired) electrons.